The molecule has 4 heteroatoms. The molecule has 0 spiro atoms. The smallest absolute Gasteiger partial charge is 0.304 e. The molecule has 0 bridgehead atoms. The molecule has 0 amide bonds. The van der Waals surface area contributed by atoms with Crippen LogP contribution in [0.4, 0.5) is 0 Å². The van der Waals surface area contributed by atoms with Crippen LogP contribution in [0.25, 0.3) is 89.4 Å². The minimum absolute atomic E-state index is 0. The van der Waals surface area contributed by atoms with E-state index in [1.54, 1.807) is 0 Å². The molecule has 0 aliphatic rings. The first-order valence-electron chi connectivity index (χ1n) is 24.0. The Bertz CT molecular complexity index is 3380. The van der Waals surface area contributed by atoms with Gasteiger partial charge in [0, 0.05) is 24.2 Å². The van der Waals surface area contributed by atoms with Crippen LogP contribution in [0.15, 0.2) is 243 Å². The van der Waals surface area contributed by atoms with Crippen LogP contribution >= 0.6 is 0 Å². The third-order valence-electron chi connectivity index (χ3n) is 13.0. The fourth-order valence-corrected chi connectivity index (χ4v) is 9.28. The predicted octanol–water partition coefficient (Wildman–Crippen LogP) is 16.2. The Hall–Kier alpha value is -8.14. The van der Waals surface area contributed by atoms with E-state index in [2.05, 4.69) is 206 Å². The average molecular weight is 1090 g/mol. The summed E-state index contributed by atoms with van der Waals surface area (Å²) in [7, 11) is 0. The normalized spacial score (nSPS) is 10.9. The monoisotopic (exact) mass is 1090 g/mol. The van der Waals surface area contributed by atoms with E-state index in [0.29, 0.717) is 0 Å². The molecule has 3 nitrogen and oxygen atoms in total. The van der Waals surface area contributed by atoms with Crippen LogP contribution in [0.2, 0.25) is 0 Å². The molecule has 0 atom stereocenters. The SMILES string of the molecule is [Ir+3].[c-]1ccccc1-c1ccc(CCc2cc(CCc3ccc(-c4[c-]cccc4)nc3)cc(-c3ccccc3-c3cnc(-c4[c-]ccc(-c5ccc(-c6ccccc6)cc5)c4)cc3-c3ccccc3)c2)cn1. The van der Waals surface area contributed by atoms with Crippen molar-refractivity contribution in [3.8, 4) is 89.4 Å². The summed E-state index contributed by atoms with van der Waals surface area (Å²) in [5, 5.41) is 0. The summed E-state index contributed by atoms with van der Waals surface area (Å²) in [4.78, 5) is 14.8. The van der Waals surface area contributed by atoms with Crippen molar-refractivity contribution in [2.45, 2.75) is 25.7 Å². The van der Waals surface area contributed by atoms with Gasteiger partial charge in [0.25, 0.3) is 0 Å². The second-order valence-corrected chi connectivity index (χ2v) is 17.7. The minimum atomic E-state index is 0. The Morgan fingerprint density at radius 2 is 0.761 bits per heavy atom. The fourth-order valence-electron chi connectivity index (χ4n) is 9.28. The molecule has 3 heterocycles. The van der Waals surface area contributed by atoms with Crippen molar-refractivity contribution in [2.24, 2.45) is 0 Å². The summed E-state index contributed by atoms with van der Waals surface area (Å²) >= 11 is 0. The number of aromatic nitrogens is 3. The largest absolute Gasteiger partial charge is 3.00 e. The van der Waals surface area contributed by atoms with E-state index in [1.807, 2.05) is 54.9 Å². The summed E-state index contributed by atoms with van der Waals surface area (Å²) in [6.45, 7) is 0. The molecule has 0 fully saturated rings. The van der Waals surface area contributed by atoms with Gasteiger partial charge in [0.1, 0.15) is 0 Å². The maximum absolute atomic E-state index is 5.20. The number of hydrogen-bond donors (Lipinski definition) is 0. The van der Waals surface area contributed by atoms with E-state index in [4.69, 9.17) is 15.0 Å². The number of nitrogens with zero attached hydrogens (tertiary/aromatic N) is 3. The molecule has 11 rings (SSSR count). The molecule has 0 saturated heterocycles. The summed E-state index contributed by atoms with van der Waals surface area (Å²) in [5.41, 5.74) is 22.2. The van der Waals surface area contributed by atoms with Crippen LogP contribution in [-0.2, 0) is 45.8 Å². The number of rotatable bonds is 14. The van der Waals surface area contributed by atoms with Crippen molar-refractivity contribution in [3.63, 3.8) is 0 Å². The summed E-state index contributed by atoms with van der Waals surface area (Å²) < 4.78 is 0. The van der Waals surface area contributed by atoms with E-state index in [9.17, 15) is 0 Å². The molecule has 71 heavy (non-hydrogen) atoms. The van der Waals surface area contributed by atoms with Gasteiger partial charge in [-0.2, -0.15) is 0 Å². The molecular formula is C67H48IrN3. The van der Waals surface area contributed by atoms with Crippen molar-refractivity contribution < 1.29 is 20.1 Å². The quantitative estimate of drug-likeness (QED) is 0.102. The minimum Gasteiger partial charge on any atom is -0.304 e. The predicted molar refractivity (Wildman–Crippen MR) is 288 cm³/mol. The van der Waals surface area contributed by atoms with Crippen molar-refractivity contribution in [2.75, 3.05) is 0 Å². The Balaban J connectivity index is 0.00000582. The summed E-state index contributed by atoms with van der Waals surface area (Å²) in [6, 6.07) is 89.2. The topological polar surface area (TPSA) is 38.7 Å². The zero-order valence-electron chi connectivity index (χ0n) is 39.1. The van der Waals surface area contributed by atoms with Crippen molar-refractivity contribution in [3.05, 3.63) is 283 Å². The molecule has 0 radical (unpaired) electrons. The maximum Gasteiger partial charge on any atom is 3.00 e. The van der Waals surface area contributed by atoms with E-state index in [0.717, 1.165) is 92.8 Å². The van der Waals surface area contributed by atoms with Gasteiger partial charge in [0.15, 0.2) is 0 Å². The van der Waals surface area contributed by atoms with E-state index in [-0.39, 0.29) is 20.1 Å². The Morgan fingerprint density at radius 3 is 1.32 bits per heavy atom. The van der Waals surface area contributed by atoms with Crippen LogP contribution in [-0.4, -0.2) is 15.0 Å². The molecule has 0 unspecified atom stereocenters. The number of pyridine rings is 3. The first kappa shape index (κ1) is 46.6. The zero-order chi connectivity index (χ0) is 46.9. The van der Waals surface area contributed by atoms with Gasteiger partial charge in [0.2, 0.25) is 0 Å². The summed E-state index contributed by atoms with van der Waals surface area (Å²) in [6.07, 6.45) is 9.59. The maximum atomic E-state index is 5.20. The molecule has 0 aliphatic heterocycles. The van der Waals surface area contributed by atoms with Crippen molar-refractivity contribution in [1.29, 1.82) is 0 Å². The second kappa shape index (κ2) is 22.1. The van der Waals surface area contributed by atoms with Gasteiger partial charge in [0.05, 0.1) is 0 Å². The third-order valence-corrected chi connectivity index (χ3v) is 13.0. The van der Waals surface area contributed by atoms with Crippen LogP contribution < -0.4 is 0 Å². The number of benzene rings is 8. The molecule has 3 aromatic heterocycles. The van der Waals surface area contributed by atoms with E-state index >= 15 is 0 Å². The number of aryl methyl sites for hydroxylation is 4. The Kier molecular flexibility index (Phi) is 14.5. The van der Waals surface area contributed by atoms with E-state index < -0.39 is 0 Å². The fraction of sp³-hybridized carbons (Fsp3) is 0.0597. The van der Waals surface area contributed by atoms with Crippen molar-refractivity contribution in [1.82, 2.24) is 15.0 Å². The van der Waals surface area contributed by atoms with Crippen LogP contribution in [0, 0.1) is 18.2 Å². The molecule has 11 aromatic rings. The van der Waals surface area contributed by atoms with Gasteiger partial charge in [-0.25, -0.2) is 0 Å². The van der Waals surface area contributed by atoms with Crippen LogP contribution in [0.5, 0.6) is 0 Å². The van der Waals surface area contributed by atoms with Gasteiger partial charge in [-0.15, -0.1) is 107 Å². The summed E-state index contributed by atoms with van der Waals surface area (Å²) in [5.74, 6) is 0. The molecule has 8 aromatic carbocycles. The average Bonchev–Trinajstić information content (AvgIpc) is 3.45. The van der Waals surface area contributed by atoms with Crippen LogP contribution in [0.3, 0.4) is 0 Å². The first-order chi connectivity index (χ1) is 34.7. The molecule has 0 N–H and O–H groups in total. The number of hydrogen-bond acceptors (Lipinski definition) is 3. The van der Waals surface area contributed by atoms with Gasteiger partial charge in [-0.05, 0) is 110 Å². The molecular weight excluding hydrogens is 1040 g/mol. The van der Waals surface area contributed by atoms with Crippen molar-refractivity contribution >= 4 is 0 Å². The molecule has 0 saturated carbocycles. The van der Waals surface area contributed by atoms with Gasteiger partial charge in [-0.3, -0.25) is 0 Å². The van der Waals surface area contributed by atoms with Gasteiger partial charge < -0.3 is 15.0 Å². The standard InChI is InChI=1S/C67H48N3.Ir/c1-5-16-52(17-6-1)53-34-36-54(37-35-53)58-24-15-25-59(43-58)67-44-63(55-18-7-2-8-19-55)64(47-70-67)62-27-14-13-26-61(62)60-41-50(30-28-48-32-38-65(68-45-48)56-20-9-3-10-21-56)40-51(42-60)31-29-49-33-39-66(69-46-49)57-22-11-4-12-23-57;/h1-20,22,24,26-27,32-47H,28-31H2;/q-3;+3. The molecule has 0 aliphatic carbocycles. The van der Waals surface area contributed by atoms with Crippen LogP contribution in [0.1, 0.15) is 22.3 Å². The van der Waals surface area contributed by atoms with E-state index in [1.165, 1.54) is 44.5 Å². The third kappa shape index (κ3) is 11.0. The van der Waals surface area contributed by atoms with Gasteiger partial charge in [-0.1, -0.05) is 158 Å². The second-order valence-electron chi connectivity index (χ2n) is 17.7. The molecule has 340 valence electrons. The zero-order valence-corrected chi connectivity index (χ0v) is 41.5. The first-order valence-corrected chi connectivity index (χ1v) is 24.0. The Morgan fingerprint density at radius 1 is 0.268 bits per heavy atom. The Labute approximate surface area is 431 Å². The van der Waals surface area contributed by atoms with Gasteiger partial charge >= 0.3 is 20.1 Å².